The maximum absolute atomic E-state index is 2.42. The Bertz CT molecular complexity index is 647. The molecule has 0 heterocycles. The summed E-state index contributed by atoms with van der Waals surface area (Å²) in [5.41, 5.74) is 8.85. The van der Waals surface area contributed by atoms with E-state index >= 15 is 0 Å². The van der Waals surface area contributed by atoms with Gasteiger partial charge in [0.25, 0.3) is 0 Å². The molecule has 2 aromatic rings. The molecule has 21 heavy (non-hydrogen) atoms. The Hall–Kier alpha value is -1.82. The average molecular weight is 276 g/mol. The predicted octanol–water partition coefficient (Wildman–Crippen LogP) is 6.26. The van der Waals surface area contributed by atoms with E-state index in [4.69, 9.17) is 0 Å². The van der Waals surface area contributed by atoms with Crippen molar-refractivity contribution in [2.24, 2.45) is 0 Å². The first-order chi connectivity index (χ1) is 10.3. The highest BCUT2D eigenvalue weighted by Crippen LogP contribution is 2.36. The maximum Gasteiger partial charge on any atom is -0.0178 e. The van der Waals surface area contributed by atoms with Crippen LogP contribution in [0.15, 0.2) is 54.1 Å². The number of rotatable bonds is 3. The summed E-state index contributed by atoms with van der Waals surface area (Å²) >= 11 is 0. The lowest BCUT2D eigenvalue weighted by molar-refractivity contribution is 0.713. The molecule has 0 unspecified atom stereocenters. The van der Waals surface area contributed by atoms with Crippen LogP contribution in [0.4, 0.5) is 0 Å². The van der Waals surface area contributed by atoms with E-state index in [0.717, 1.165) is 6.42 Å². The minimum Gasteiger partial charge on any atom is -0.0695 e. The Morgan fingerprint density at radius 3 is 2.33 bits per heavy atom. The second kappa shape index (κ2) is 6.30. The van der Waals surface area contributed by atoms with E-state index in [1.807, 2.05) is 0 Å². The highest BCUT2D eigenvalue weighted by atomic mass is 14.2. The van der Waals surface area contributed by atoms with Gasteiger partial charge >= 0.3 is 0 Å². The number of hydrogen-bond acceptors (Lipinski definition) is 0. The molecule has 0 bridgehead atoms. The minimum absolute atomic E-state index is 1.11. The van der Waals surface area contributed by atoms with E-state index in [9.17, 15) is 0 Å². The van der Waals surface area contributed by atoms with Crippen LogP contribution >= 0.6 is 0 Å². The van der Waals surface area contributed by atoms with E-state index in [2.05, 4.69) is 62.4 Å². The fraction of sp³-hybridized carbons (Fsp3) is 0.333. The van der Waals surface area contributed by atoms with Crippen LogP contribution in [-0.2, 0) is 6.42 Å². The molecular weight excluding hydrogens is 252 g/mol. The third-order valence-corrected chi connectivity index (χ3v) is 4.67. The molecule has 2 aromatic carbocycles. The van der Waals surface area contributed by atoms with Gasteiger partial charge in [0.05, 0.1) is 0 Å². The van der Waals surface area contributed by atoms with Gasteiger partial charge in [0.2, 0.25) is 0 Å². The van der Waals surface area contributed by atoms with E-state index < -0.39 is 0 Å². The normalized spacial score (nSPS) is 15.3. The molecule has 0 saturated heterocycles. The molecule has 0 atom stereocenters. The second-order valence-electron chi connectivity index (χ2n) is 6.06. The maximum atomic E-state index is 2.42. The van der Waals surface area contributed by atoms with Gasteiger partial charge in [0.15, 0.2) is 0 Å². The molecule has 0 aliphatic heterocycles. The quantitative estimate of drug-likeness (QED) is 0.620. The molecule has 0 spiro atoms. The van der Waals surface area contributed by atoms with Gasteiger partial charge < -0.3 is 0 Å². The van der Waals surface area contributed by atoms with Crippen molar-refractivity contribution in [2.45, 2.75) is 46.0 Å². The van der Waals surface area contributed by atoms with Crippen molar-refractivity contribution in [3.05, 3.63) is 65.2 Å². The van der Waals surface area contributed by atoms with Gasteiger partial charge in [-0.25, -0.2) is 0 Å². The SMILES string of the molecule is CCc1ccc(-c2ccccc2)cc1C1=C(C)CCCC1. The molecule has 0 heteroatoms. The first-order valence-corrected chi connectivity index (χ1v) is 8.17. The molecule has 0 amide bonds. The number of hydrogen-bond donors (Lipinski definition) is 0. The van der Waals surface area contributed by atoms with Crippen molar-refractivity contribution in [3.8, 4) is 11.1 Å². The molecule has 1 aliphatic carbocycles. The third kappa shape index (κ3) is 2.95. The zero-order valence-electron chi connectivity index (χ0n) is 13.2. The molecule has 0 N–H and O–H groups in total. The Labute approximate surface area is 128 Å². The summed E-state index contributed by atoms with van der Waals surface area (Å²) in [6, 6.07) is 17.7. The van der Waals surface area contributed by atoms with Crippen LogP contribution in [0.1, 0.15) is 50.7 Å². The summed E-state index contributed by atoms with van der Waals surface area (Å²) in [7, 11) is 0. The largest absolute Gasteiger partial charge is 0.0695 e. The molecule has 0 fully saturated rings. The van der Waals surface area contributed by atoms with Gasteiger partial charge in [-0.05, 0) is 72.9 Å². The van der Waals surface area contributed by atoms with Crippen LogP contribution in [0.2, 0.25) is 0 Å². The summed E-state index contributed by atoms with van der Waals surface area (Å²) < 4.78 is 0. The summed E-state index contributed by atoms with van der Waals surface area (Å²) in [5.74, 6) is 0. The minimum atomic E-state index is 1.11. The smallest absolute Gasteiger partial charge is 0.0178 e. The van der Waals surface area contributed by atoms with Crippen LogP contribution in [0.3, 0.4) is 0 Å². The van der Waals surface area contributed by atoms with Crippen LogP contribution in [0, 0.1) is 0 Å². The number of benzene rings is 2. The van der Waals surface area contributed by atoms with Crippen molar-refractivity contribution in [2.75, 3.05) is 0 Å². The molecule has 3 rings (SSSR count). The Morgan fingerprint density at radius 2 is 1.62 bits per heavy atom. The average Bonchev–Trinajstić information content (AvgIpc) is 2.55. The number of aryl methyl sites for hydroxylation is 1. The molecular formula is C21H24. The summed E-state index contributed by atoms with van der Waals surface area (Å²) in [4.78, 5) is 0. The molecule has 1 aliphatic rings. The summed E-state index contributed by atoms with van der Waals surface area (Å²) in [5, 5.41) is 0. The molecule has 0 nitrogen and oxygen atoms in total. The van der Waals surface area contributed by atoms with Gasteiger partial charge in [-0.3, -0.25) is 0 Å². The van der Waals surface area contributed by atoms with Crippen molar-refractivity contribution < 1.29 is 0 Å². The highest BCUT2D eigenvalue weighted by Gasteiger charge is 2.14. The van der Waals surface area contributed by atoms with Gasteiger partial charge in [-0.1, -0.05) is 55.0 Å². The van der Waals surface area contributed by atoms with E-state index in [1.165, 1.54) is 47.9 Å². The van der Waals surface area contributed by atoms with Crippen molar-refractivity contribution in [1.82, 2.24) is 0 Å². The van der Waals surface area contributed by atoms with Gasteiger partial charge in [-0.2, -0.15) is 0 Å². The van der Waals surface area contributed by atoms with E-state index in [-0.39, 0.29) is 0 Å². The first-order valence-electron chi connectivity index (χ1n) is 8.17. The number of allylic oxidation sites excluding steroid dienone is 2. The van der Waals surface area contributed by atoms with Crippen LogP contribution in [0.5, 0.6) is 0 Å². The fourth-order valence-electron chi connectivity index (χ4n) is 3.40. The second-order valence-corrected chi connectivity index (χ2v) is 6.06. The summed E-state index contributed by atoms with van der Waals surface area (Å²) in [6.45, 7) is 4.59. The standard InChI is InChI=1S/C21H24/c1-3-17-13-14-19(18-10-5-4-6-11-18)15-21(17)20-12-8-7-9-16(20)2/h4-6,10-11,13-15H,3,7-9,12H2,1-2H3. The molecule has 0 saturated carbocycles. The zero-order valence-corrected chi connectivity index (χ0v) is 13.2. The molecule has 0 aromatic heterocycles. The lowest BCUT2D eigenvalue weighted by atomic mass is 9.84. The fourth-order valence-corrected chi connectivity index (χ4v) is 3.40. The zero-order chi connectivity index (χ0) is 14.7. The van der Waals surface area contributed by atoms with Crippen LogP contribution < -0.4 is 0 Å². The molecule has 108 valence electrons. The van der Waals surface area contributed by atoms with Crippen molar-refractivity contribution in [3.63, 3.8) is 0 Å². The monoisotopic (exact) mass is 276 g/mol. The predicted molar refractivity (Wildman–Crippen MR) is 92.3 cm³/mol. The highest BCUT2D eigenvalue weighted by molar-refractivity contribution is 5.76. The van der Waals surface area contributed by atoms with Gasteiger partial charge in [0, 0.05) is 0 Å². The van der Waals surface area contributed by atoms with Gasteiger partial charge in [-0.15, -0.1) is 0 Å². The lowest BCUT2D eigenvalue weighted by Gasteiger charge is -2.21. The Morgan fingerprint density at radius 1 is 0.857 bits per heavy atom. The van der Waals surface area contributed by atoms with Crippen molar-refractivity contribution >= 4 is 5.57 Å². The summed E-state index contributed by atoms with van der Waals surface area (Å²) in [6.07, 6.45) is 6.33. The van der Waals surface area contributed by atoms with E-state index in [1.54, 1.807) is 11.1 Å². The lowest BCUT2D eigenvalue weighted by Crippen LogP contribution is -2.00. The van der Waals surface area contributed by atoms with Crippen LogP contribution in [0.25, 0.3) is 16.7 Å². The Balaban J connectivity index is 2.10. The molecule has 0 radical (unpaired) electrons. The van der Waals surface area contributed by atoms with Gasteiger partial charge in [0.1, 0.15) is 0 Å². The van der Waals surface area contributed by atoms with Crippen LogP contribution in [-0.4, -0.2) is 0 Å². The van der Waals surface area contributed by atoms with E-state index in [0.29, 0.717) is 0 Å². The topological polar surface area (TPSA) is 0 Å². The first kappa shape index (κ1) is 14.1. The Kier molecular flexibility index (Phi) is 4.24. The van der Waals surface area contributed by atoms with Crippen molar-refractivity contribution in [1.29, 1.82) is 0 Å². The third-order valence-electron chi connectivity index (χ3n) is 4.67.